The number of anilines is 1. The molecule has 0 spiro atoms. The van der Waals surface area contributed by atoms with Crippen molar-refractivity contribution in [1.29, 1.82) is 0 Å². The topological polar surface area (TPSA) is 47.0 Å². The van der Waals surface area contributed by atoms with Crippen LogP contribution in [0.15, 0.2) is 42.0 Å². The maximum Gasteiger partial charge on any atom is 0.138 e. The van der Waals surface area contributed by atoms with Gasteiger partial charge in [0.2, 0.25) is 0 Å². The Morgan fingerprint density at radius 1 is 1.24 bits per heavy atom. The zero-order chi connectivity index (χ0) is 14.1. The highest BCUT2D eigenvalue weighted by Gasteiger charge is 2.19. The highest BCUT2D eigenvalue weighted by molar-refractivity contribution is 7.16. The molecule has 0 radical (unpaired) electrons. The molecular formula is C16H15N3OS. The number of thiophene rings is 1. The average Bonchev–Trinajstić information content (AvgIpc) is 3.02. The van der Waals surface area contributed by atoms with Crippen molar-refractivity contribution in [3.05, 3.63) is 47.6 Å². The van der Waals surface area contributed by atoms with Gasteiger partial charge in [-0.1, -0.05) is 18.2 Å². The van der Waals surface area contributed by atoms with E-state index in [1.54, 1.807) is 17.7 Å². The summed E-state index contributed by atoms with van der Waals surface area (Å²) in [5.74, 6) is 2.40. The summed E-state index contributed by atoms with van der Waals surface area (Å²) in [6, 6.07) is 10.3. The van der Waals surface area contributed by atoms with E-state index in [1.807, 2.05) is 17.5 Å². The molecule has 1 aromatic carbocycles. The van der Waals surface area contributed by atoms with E-state index in [9.17, 15) is 0 Å². The molecule has 106 valence electrons. The normalized spacial score (nSPS) is 17.2. The quantitative estimate of drug-likeness (QED) is 0.805. The number of para-hydroxylation sites is 1. The summed E-state index contributed by atoms with van der Waals surface area (Å²) >= 11 is 1.64. The molecule has 1 aliphatic rings. The van der Waals surface area contributed by atoms with Crippen molar-refractivity contribution in [2.45, 2.75) is 6.42 Å². The van der Waals surface area contributed by atoms with Gasteiger partial charge >= 0.3 is 0 Å². The highest BCUT2D eigenvalue weighted by Crippen LogP contribution is 2.28. The minimum atomic E-state index is 0.462. The van der Waals surface area contributed by atoms with Crippen LogP contribution in [0.3, 0.4) is 0 Å². The number of aromatic nitrogens is 2. The molecule has 1 N–H and O–H groups in total. The molecule has 21 heavy (non-hydrogen) atoms. The van der Waals surface area contributed by atoms with Crippen LogP contribution in [0.1, 0.15) is 5.56 Å². The van der Waals surface area contributed by atoms with Crippen LogP contribution in [0.2, 0.25) is 0 Å². The molecule has 0 bridgehead atoms. The van der Waals surface area contributed by atoms with Gasteiger partial charge in [-0.25, -0.2) is 9.97 Å². The summed E-state index contributed by atoms with van der Waals surface area (Å²) < 4.78 is 5.83. The molecule has 0 fully saturated rings. The Balaban J connectivity index is 1.47. The summed E-state index contributed by atoms with van der Waals surface area (Å²) in [6.45, 7) is 1.61. The second kappa shape index (κ2) is 5.33. The Morgan fingerprint density at radius 2 is 2.19 bits per heavy atom. The zero-order valence-electron chi connectivity index (χ0n) is 11.5. The molecule has 4 nitrogen and oxygen atoms in total. The van der Waals surface area contributed by atoms with Crippen LogP contribution in [0, 0.1) is 5.92 Å². The smallest absolute Gasteiger partial charge is 0.138 e. The molecule has 5 heteroatoms. The molecule has 0 amide bonds. The van der Waals surface area contributed by atoms with Crippen LogP contribution in [0.5, 0.6) is 5.75 Å². The molecular weight excluding hydrogens is 282 g/mol. The van der Waals surface area contributed by atoms with Crippen molar-refractivity contribution >= 4 is 27.4 Å². The number of hydrogen-bond donors (Lipinski definition) is 1. The van der Waals surface area contributed by atoms with Crippen LogP contribution in [-0.4, -0.2) is 23.1 Å². The van der Waals surface area contributed by atoms with Crippen molar-refractivity contribution in [2.75, 3.05) is 18.5 Å². The van der Waals surface area contributed by atoms with Gasteiger partial charge in [0, 0.05) is 12.5 Å². The predicted octanol–water partition coefficient (Wildman–Crippen LogP) is 3.35. The summed E-state index contributed by atoms with van der Waals surface area (Å²) in [5.41, 5.74) is 1.29. The lowest BCUT2D eigenvalue weighted by Crippen LogP contribution is -2.27. The molecule has 1 aliphatic heterocycles. The van der Waals surface area contributed by atoms with E-state index < -0.39 is 0 Å². The van der Waals surface area contributed by atoms with Gasteiger partial charge in [-0.3, -0.25) is 0 Å². The minimum absolute atomic E-state index is 0.462. The molecule has 4 rings (SSSR count). The first-order chi connectivity index (χ1) is 10.4. The van der Waals surface area contributed by atoms with Crippen molar-refractivity contribution in [3.63, 3.8) is 0 Å². The Kier molecular flexibility index (Phi) is 3.20. The Morgan fingerprint density at radius 3 is 3.19 bits per heavy atom. The van der Waals surface area contributed by atoms with Crippen molar-refractivity contribution < 1.29 is 4.74 Å². The van der Waals surface area contributed by atoms with Crippen LogP contribution in [-0.2, 0) is 6.42 Å². The highest BCUT2D eigenvalue weighted by atomic mass is 32.1. The molecule has 0 aliphatic carbocycles. The molecule has 0 unspecified atom stereocenters. The van der Waals surface area contributed by atoms with Gasteiger partial charge in [0.05, 0.1) is 12.0 Å². The van der Waals surface area contributed by atoms with Crippen LogP contribution in [0.25, 0.3) is 10.2 Å². The second-order valence-electron chi connectivity index (χ2n) is 5.23. The zero-order valence-corrected chi connectivity index (χ0v) is 12.3. The first-order valence-electron chi connectivity index (χ1n) is 7.03. The van der Waals surface area contributed by atoms with E-state index in [-0.39, 0.29) is 0 Å². The first-order valence-corrected chi connectivity index (χ1v) is 7.91. The lowest BCUT2D eigenvalue weighted by atomic mass is 9.97. The van der Waals surface area contributed by atoms with Gasteiger partial charge in [-0.05, 0) is 29.5 Å². The lowest BCUT2D eigenvalue weighted by Gasteiger charge is -2.25. The van der Waals surface area contributed by atoms with Gasteiger partial charge in [0.25, 0.3) is 0 Å². The van der Waals surface area contributed by atoms with Crippen LogP contribution in [0.4, 0.5) is 5.82 Å². The Bertz CT molecular complexity index is 771. The van der Waals surface area contributed by atoms with Crippen molar-refractivity contribution in [2.24, 2.45) is 5.92 Å². The van der Waals surface area contributed by atoms with Gasteiger partial charge < -0.3 is 10.1 Å². The summed E-state index contributed by atoms with van der Waals surface area (Å²) in [5, 5.41) is 6.59. The summed E-state index contributed by atoms with van der Waals surface area (Å²) in [7, 11) is 0. The lowest BCUT2D eigenvalue weighted by molar-refractivity contribution is 0.229. The maximum atomic E-state index is 5.83. The number of hydrogen-bond acceptors (Lipinski definition) is 5. The van der Waals surface area contributed by atoms with E-state index in [0.717, 1.165) is 41.4 Å². The van der Waals surface area contributed by atoms with E-state index in [1.165, 1.54) is 5.56 Å². The van der Waals surface area contributed by atoms with Gasteiger partial charge in [0.1, 0.15) is 22.7 Å². The van der Waals surface area contributed by atoms with E-state index in [2.05, 4.69) is 33.5 Å². The number of nitrogens with one attached hydrogen (secondary N) is 1. The molecule has 2 aromatic heterocycles. The summed E-state index contributed by atoms with van der Waals surface area (Å²) in [6.07, 6.45) is 2.66. The minimum Gasteiger partial charge on any atom is -0.493 e. The fourth-order valence-electron chi connectivity index (χ4n) is 2.69. The summed E-state index contributed by atoms with van der Waals surface area (Å²) in [4.78, 5) is 9.65. The SMILES string of the molecule is c1ccc2c(c1)C[C@@H](CNc1ncnc3sccc13)CO2. The monoisotopic (exact) mass is 297 g/mol. The maximum absolute atomic E-state index is 5.83. The largest absolute Gasteiger partial charge is 0.493 e. The molecule has 3 heterocycles. The molecule has 0 saturated carbocycles. The second-order valence-corrected chi connectivity index (χ2v) is 6.13. The number of rotatable bonds is 3. The number of fused-ring (bicyclic) bond motifs is 2. The molecule has 1 atom stereocenters. The molecule has 3 aromatic rings. The van der Waals surface area contributed by atoms with Gasteiger partial charge in [-0.2, -0.15) is 0 Å². The third-order valence-corrected chi connectivity index (χ3v) is 4.60. The van der Waals surface area contributed by atoms with E-state index >= 15 is 0 Å². The molecule has 0 saturated heterocycles. The number of nitrogens with zero attached hydrogens (tertiary/aromatic N) is 2. The average molecular weight is 297 g/mol. The predicted molar refractivity (Wildman–Crippen MR) is 85.0 cm³/mol. The Hall–Kier alpha value is -2.14. The number of ether oxygens (including phenoxy) is 1. The third-order valence-electron chi connectivity index (χ3n) is 3.78. The van der Waals surface area contributed by atoms with Crippen LogP contribution < -0.4 is 10.1 Å². The fourth-order valence-corrected chi connectivity index (χ4v) is 3.43. The fraction of sp³-hybridized carbons (Fsp3) is 0.250. The van der Waals surface area contributed by atoms with E-state index in [0.29, 0.717) is 5.92 Å². The number of benzene rings is 1. The van der Waals surface area contributed by atoms with Crippen molar-refractivity contribution in [3.8, 4) is 5.75 Å². The van der Waals surface area contributed by atoms with E-state index in [4.69, 9.17) is 4.74 Å². The first kappa shape index (κ1) is 12.6. The Labute approximate surface area is 126 Å². The van der Waals surface area contributed by atoms with Crippen LogP contribution >= 0.6 is 11.3 Å². The third kappa shape index (κ3) is 2.45. The van der Waals surface area contributed by atoms with Gasteiger partial charge in [0.15, 0.2) is 0 Å². The standard InChI is InChI=1S/C16H15N3OS/c1-2-4-14-12(3-1)7-11(9-20-14)8-17-15-13-5-6-21-16(13)19-10-18-15/h1-6,10-11H,7-9H2,(H,17,18,19)/t11-/m0/s1. The van der Waals surface area contributed by atoms with Gasteiger partial charge in [-0.15, -0.1) is 11.3 Å². The van der Waals surface area contributed by atoms with Crippen molar-refractivity contribution in [1.82, 2.24) is 9.97 Å².